The van der Waals surface area contributed by atoms with Crippen molar-refractivity contribution in [3.63, 3.8) is 0 Å². The van der Waals surface area contributed by atoms with Crippen LogP contribution in [0.2, 0.25) is 0 Å². The van der Waals surface area contributed by atoms with Crippen molar-refractivity contribution in [3.8, 4) is 0 Å². The molecule has 2 heterocycles. The van der Waals surface area contributed by atoms with Crippen LogP contribution in [0.15, 0.2) is 53.8 Å². The molecule has 2 rings (SSSR count). The second-order valence-corrected chi connectivity index (χ2v) is 5.02. The lowest BCUT2D eigenvalue weighted by molar-refractivity contribution is 0.0949. The standard InChI is InChI=1S/C14H15N3OS/c18-14(13-4-1-2-7-16-13)17-8-3-11-19-12-5-9-15-10-6-12/h1-2,4-7,9-10H,3,8,11H2,(H,17,18). The zero-order valence-corrected chi connectivity index (χ0v) is 11.3. The Morgan fingerprint density at radius 2 is 2.00 bits per heavy atom. The van der Waals surface area contributed by atoms with E-state index in [9.17, 15) is 4.79 Å². The first kappa shape index (κ1) is 13.5. The van der Waals surface area contributed by atoms with Gasteiger partial charge in [-0.15, -0.1) is 11.8 Å². The number of hydrogen-bond acceptors (Lipinski definition) is 4. The summed E-state index contributed by atoms with van der Waals surface area (Å²) in [5.41, 5.74) is 0.462. The van der Waals surface area contributed by atoms with Crippen LogP contribution in [0.3, 0.4) is 0 Å². The van der Waals surface area contributed by atoms with Crippen molar-refractivity contribution < 1.29 is 4.79 Å². The molecule has 2 aromatic rings. The van der Waals surface area contributed by atoms with Crippen LogP contribution in [0.4, 0.5) is 0 Å². The number of carbonyl (C=O) groups is 1. The van der Waals surface area contributed by atoms with E-state index in [1.165, 1.54) is 4.90 Å². The minimum absolute atomic E-state index is 0.116. The van der Waals surface area contributed by atoms with Gasteiger partial charge in [0.15, 0.2) is 0 Å². The molecule has 19 heavy (non-hydrogen) atoms. The van der Waals surface area contributed by atoms with E-state index in [0.717, 1.165) is 12.2 Å². The van der Waals surface area contributed by atoms with Gasteiger partial charge in [0.25, 0.3) is 5.91 Å². The van der Waals surface area contributed by atoms with Crippen molar-refractivity contribution in [1.82, 2.24) is 15.3 Å². The van der Waals surface area contributed by atoms with Gasteiger partial charge in [-0.1, -0.05) is 6.07 Å². The Kier molecular flexibility index (Phi) is 5.37. The normalized spacial score (nSPS) is 10.1. The molecule has 2 aromatic heterocycles. The summed E-state index contributed by atoms with van der Waals surface area (Å²) in [6, 6.07) is 9.28. The van der Waals surface area contributed by atoms with Crippen LogP contribution < -0.4 is 5.32 Å². The Bertz CT molecular complexity index is 505. The first-order valence-electron chi connectivity index (χ1n) is 6.08. The van der Waals surface area contributed by atoms with E-state index in [1.807, 2.05) is 12.1 Å². The highest BCUT2D eigenvalue weighted by molar-refractivity contribution is 7.99. The number of carbonyl (C=O) groups excluding carboxylic acids is 1. The van der Waals surface area contributed by atoms with Gasteiger partial charge in [0.05, 0.1) is 0 Å². The Labute approximate surface area is 116 Å². The Morgan fingerprint density at radius 3 is 2.74 bits per heavy atom. The molecule has 0 fully saturated rings. The van der Waals surface area contributed by atoms with E-state index < -0.39 is 0 Å². The summed E-state index contributed by atoms with van der Waals surface area (Å²) >= 11 is 1.76. The minimum Gasteiger partial charge on any atom is -0.351 e. The summed E-state index contributed by atoms with van der Waals surface area (Å²) in [5.74, 6) is 0.849. The number of thioether (sulfide) groups is 1. The molecule has 1 N–H and O–H groups in total. The van der Waals surface area contributed by atoms with Gasteiger partial charge in [0, 0.05) is 30.0 Å². The van der Waals surface area contributed by atoms with Crippen molar-refractivity contribution in [2.24, 2.45) is 0 Å². The van der Waals surface area contributed by atoms with E-state index >= 15 is 0 Å². The SMILES string of the molecule is O=C(NCCCSc1ccncc1)c1ccccn1. The number of rotatable bonds is 6. The van der Waals surface area contributed by atoms with Crippen molar-refractivity contribution >= 4 is 17.7 Å². The number of nitrogens with one attached hydrogen (secondary N) is 1. The van der Waals surface area contributed by atoms with E-state index in [-0.39, 0.29) is 5.91 Å². The summed E-state index contributed by atoms with van der Waals surface area (Å²) in [5, 5.41) is 2.86. The van der Waals surface area contributed by atoms with Crippen molar-refractivity contribution in [3.05, 3.63) is 54.6 Å². The maximum absolute atomic E-state index is 11.7. The smallest absolute Gasteiger partial charge is 0.269 e. The van der Waals surface area contributed by atoms with Gasteiger partial charge in [0.2, 0.25) is 0 Å². The molecular weight excluding hydrogens is 258 g/mol. The molecule has 0 atom stereocenters. The van der Waals surface area contributed by atoms with Crippen LogP contribution in [0.1, 0.15) is 16.9 Å². The fourth-order valence-electron chi connectivity index (χ4n) is 1.49. The predicted molar refractivity (Wildman–Crippen MR) is 76.1 cm³/mol. The van der Waals surface area contributed by atoms with E-state index in [0.29, 0.717) is 12.2 Å². The van der Waals surface area contributed by atoms with E-state index in [2.05, 4.69) is 15.3 Å². The van der Waals surface area contributed by atoms with Gasteiger partial charge in [0.1, 0.15) is 5.69 Å². The Hall–Kier alpha value is -1.88. The summed E-state index contributed by atoms with van der Waals surface area (Å²) in [6.07, 6.45) is 6.11. The van der Waals surface area contributed by atoms with Gasteiger partial charge < -0.3 is 5.32 Å². The number of amides is 1. The highest BCUT2D eigenvalue weighted by Gasteiger charge is 2.04. The second kappa shape index (κ2) is 7.53. The maximum Gasteiger partial charge on any atom is 0.269 e. The monoisotopic (exact) mass is 273 g/mol. The molecule has 0 saturated heterocycles. The van der Waals surface area contributed by atoms with Crippen LogP contribution in [-0.4, -0.2) is 28.2 Å². The van der Waals surface area contributed by atoms with Gasteiger partial charge in [-0.3, -0.25) is 14.8 Å². The molecule has 1 amide bonds. The van der Waals surface area contributed by atoms with Gasteiger partial charge in [-0.2, -0.15) is 0 Å². The topological polar surface area (TPSA) is 54.9 Å². The molecule has 0 aliphatic carbocycles. The van der Waals surface area contributed by atoms with E-state index in [1.54, 1.807) is 48.6 Å². The molecule has 0 radical (unpaired) electrons. The first-order chi connectivity index (χ1) is 9.36. The second-order valence-electron chi connectivity index (χ2n) is 3.86. The van der Waals surface area contributed by atoms with Crippen molar-refractivity contribution in [2.45, 2.75) is 11.3 Å². The Balaban J connectivity index is 1.63. The minimum atomic E-state index is -0.116. The Morgan fingerprint density at radius 1 is 1.16 bits per heavy atom. The average molecular weight is 273 g/mol. The summed E-state index contributed by atoms with van der Waals surface area (Å²) in [6.45, 7) is 0.660. The lowest BCUT2D eigenvalue weighted by atomic mass is 10.3. The largest absolute Gasteiger partial charge is 0.351 e. The highest BCUT2D eigenvalue weighted by Crippen LogP contribution is 2.16. The van der Waals surface area contributed by atoms with Crippen LogP contribution in [-0.2, 0) is 0 Å². The number of pyridine rings is 2. The number of nitrogens with zero attached hydrogens (tertiary/aromatic N) is 2. The van der Waals surface area contributed by atoms with Crippen LogP contribution in [0.25, 0.3) is 0 Å². The molecule has 0 aromatic carbocycles. The van der Waals surface area contributed by atoms with Gasteiger partial charge in [-0.05, 0) is 36.4 Å². The predicted octanol–water partition coefficient (Wildman–Crippen LogP) is 2.39. The fraction of sp³-hybridized carbons (Fsp3) is 0.214. The lowest BCUT2D eigenvalue weighted by Crippen LogP contribution is -2.25. The van der Waals surface area contributed by atoms with E-state index in [4.69, 9.17) is 0 Å². The van der Waals surface area contributed by atoms with Gasteiger partial charge >= 0.3 is 0 Å². The van der Waals surface area contributed by atoms with Crippen LogP contribution in [0, 0.1) is 0 Å². The number of aromatic nitrogens is 2. The first-order valence-corrected chi connectivity index (χ1v) is 7.07. The molecule has 5 heteroatoms. The van der Waals surface area contributed by atoms with Gasteiger partial charge in [-0.25, -0.2) is 0 Å². The molecule has 0 saturated carbocycles. The van der Waals surface area contributed by atoms with Crippen LogP contribution >= 0.6 is 11.8 Å². The quantitative estimate of drug-likeness (QED) is 0.648. The van der Waals surface area contributed by atoms with Crippen LogP contribution in [0.5, 0.6) is 0 Å². The lowest BCUT2D eigenvalue weighted by Gasteiger charge is -2.04. The summed E-state index contributed by atoms with van der Waals surface area (Å²) in [4.78, 5) is 20.9. The van der Waals surface area contributed by atoms with Crippen molar-refractivity contribution in [2.75, 3.05) is 12.3 Å². The molecule has 98 valence electrons. The molecule has 0 bridgehead atoms. The average Bonchev–Trinajstić information content (AvgIpc) is 2.49. The molecule has 0 spiro atoms. The fourth-order valence-corrected chi connectivity index (χ4v) is 2.32. The summed E-state index contributed by atoms with van der Waals surface area (Å²) < 4.78 is 0. The highest BCUT2D eigenvalue weighted by atomic mass is 32.2. The third-order valence-corrected chi connectivity index (χ3v) is 3.52. The zero-order valence-electron chi connectivity index (χ0n) is 10.5. The molecule has 0 aliphatic heterocycles. The van der Waals surface area contributed by atoms with Crippen molar-refractivity contribution in [1.29, 1.82) is 0 Å². The molecule has 4 nitrogen and oxygen atoms in total. The number of hydrogen-bond donors (Lipinski definition) is 1. The third-order valence-electron chi connectivity index (χ3n) is 2.42. The zero-order chi connectivity index (χ0) is 13.3. The summed E-state index contributed by atoms with van der Waals surface area (Å²) in [7, 11) is 0. The third kappa shape index (κ3) is 4.71. The molecular formula is C14H15N3OS. The molecule has 0 unspecified atom stereocenters. The maximum atomic E-state index is 11.7. The molecule has 0 aliphatic rings.